The van der Waals surface area contributed by atoms with E-state index in [2.05, 4.69) is 86.8 Å². The van der Waals surface area contributed by atoms with E-state index in [4.69, 9.17) is 14.2 Å². The molecule has 0 rings (SSSR count). The van der Waals surface area contributed by atoms with Gasteiger partial charge in [-0.25, -0.2) is 0 Å². The molecule has 366 valence electrons. The maximum atomic E-state index is 12.7. The van der Waals surface area contributed by atoms with Gasteiger partial charge in [0.25, 0.3) is 0 Å². The summed E-state index contributed by atoms with van der Waals surface area (Å²) >= 11 is 0. The summed E-state index contributed by atoms with van der Waals surface area (Å²) in [5.41, 5.74) is 0. The number of nitrogens with zero attached hydrogens (tertiary/aromatic N) is 1. The van der Waals surface area contributed by atoms with Gasteiger partial charge in [0.1, 0.15) is 12.6 Å². The minimum atomic E-state index is -1.14. The highest BCUT2D eigenvalue weighted by Gasteiger charge is 2.25. The molecule has 0 radical (unpaired) electrons. The van der Waals surface area contributed by atoms with Crippen LogP contribution in [0.25, 0.3) is 0 Å². The summed E-state index contributed by atoms with van der Waals surface area (Å²) in [5.74, 6) is -1.85. The Kier molecular flexibility index (Phi) is 43.5. The fourth-order valence-electron chi connectivity index (χ4n) is 7.09. The number of hydrogen-bond acceptors (Lipinski definition) is 7. The van der Waals surface area contributed by atoms with E-state index in [1.807, 2.05) is 12.2 Å². The van der Waals surface area contributed by atoms with E-state index in [9.17, 15) is 19.5 Å². The van der Waals surface area contributed by atoms with Gasteiger partial charge in [0, 0.05) is 19.3 Å². The quantitative estimate of drug-likeness (QED) is 0.0260. The number of hydrogen-bond donors (Lipinski definition) is 0. The number of carboxylic acid groups (broad SMARTS) is 1. The Balaban J connectivity index is 4.36. The Morgan fingerprint density at radius 1 is 0.484 bits per heavy atom. The first-order valence-corrected chi connectivity index (χ1v) is 25.6. The third-order valence-corrected chi connectivity index (χ3v) is 11.0. The molecule has 0 aliphatic carbocycles. The highest BCUT2D eigenvalue weighted by Crippen LogP contribution is 2.14. The molecule has 0 aromatic heterocycles. The van der Waals surface area contributed by atoms with Crippen molar-refractivity contribution in [3.05, 3.63) is 85.1 Å². The lowest BCUT2D eigenvalue weighted by Gasteiger charge is -2.34. The van der Waals surface area contributed by atoms with Crippen molar-refractivity contribution in [3.63, 3.8) is 0 Å². The van der Waals surface area contributed by atoms with E-state index in [1.165, 1.54) is 103 Å². The van der Waals surface area contributed by atoms with E-state index in [0.29, 0.717) is 12.8 Å². The standard InChI is InChI=1S/C56H95NO7/c1-6-8-10-12-14-16-18-20-22-24-26-27-29-30-32-34-36-38-40-42-44-46-54(58)63-51-52(50-62-49-48-53(56(60)61)57(3,4)5)64-55(59)47-45-43-41-39-37-35-33-31-28-25-23-21-19-17-15-13-11-9-7-2/h9,11,15,17,21,23-24,26,28,31,35,37,41,43,52-53H,6-8,10,12-14,16,18-20,22,25,27,29-30,32-34,36,38-40,42,44-51H2,1-5H3/b11-9-,17-15-,23-21-,26-24-,31-28-,37-35-,43-41-. The molecular formula is C56H95NO7. The summed E-state index contributed by atoms with van der Waals surface area (Å²) in [5, 5.41) is 11.7. The Morgan fingerprint density at radius 3 is 1.36 bits per heavy atom. The van der Waals surface area contributed by atoms with Crippen molar-refractivity contribution in [2.24, 2.45) is 0 Å². The van der Waals surface area contributed by atoms with Gasteiger partial charge >= 0.3 is 11.9 Å². The molecule has 0 saturated heterocycles. The fourth-order valence-corrected chi connectivity index (χ4v) is 7.09. The van der Waals surface area contributed by atoms with Gasteiger partial charge in [-0.15, -0.1) is 0 Å². The zero-order valence-corrected chi connectivity index (χ0v) is 41.7. The Morgan fingerprint density at radius 2 is 0.906 bits per heavy atom. The SMILES string of the molecule is CC/C=C\C/C=C\C/C=C\C/C=C\C/C=C\C/C=C\CCC(=O)OC(COCCC(C(=O)[O-])[N+](C)(C)C)COC(=O)CCCCCCCCCCC/C=C\CCCCCCCCCC. The zero-order valence-electron chi connectivity index (χ0n) is 41.7. The minimum Gasteiger partial charge on any atom is -0.544 e. The maximum absolute atomic E-state index is 12.7. The number of carbonyl (C=O) groups is 3. The summed E-state index contributed by atoms with van der Waals surface area (Å²) in [7, 11) is 5.38. The Bertz CT molecular complexity index is 1320. The van der Waals surface area contributed by atoms with E-state index in [1.54, 1.807) is 21.1 Å². The first-order valence-electron chi connectivity index (χ1n) is 25.6. The molecule has 2 unspecified atom stereocenters. The van der Waals surface area contributed by atoms with Gasteiger partial charge < -0.3 is 28.6 Å². The monoisotopic (exact) mass is 894 g/mol. The first kappa shape index (κ1) is 60.5. The second-order valence-electron chi connectivity index (χ2n) is 18.0. The molecule has 8 nitrogen and oxygen atoms in total. The van der Waals surface area contributed by atoms with Gasteiger partial charge in [0.15, 0.2) is 6.10 Å². The number of ether oxygens (including phenoxy) is 3. The van der Waals surface area contributed by atoms with E-state index >= 15 is 0 Å². The number of esters is 2. The number of allylic oxidation sites excluding steroid dienone is 14. The number of quaternary nitrogens is 1. The van der Waals surface area contributed by atoms with Crippen LogP contribution < -0.4 is 5.11 Å². The normalized spacial score (nSPS) is 13.6. The van der Waals surface area contributed by atoms with Crippen molar-refractivity contribution in [1.29, 1.82) is 0 Å². The molecule has 0 aromatic rings. The maximum Gasteiger partial charge on any atom is 0.306 e. The van der Waals surface area contributed by atoms with Crippen LogP contribution in [0, 0.1) is 0 Å². The summed E-state index contributed by atoms with van der Waals surface area (Å²) in [4.78, 5) is 37.0. The van der Waals surface area contributed by atoms with Crippen LogP contribution in [-0.2, 0) is 28.6 Å². The number of aliphatic carboxylic acids is 1. The van der Waals surface area contributed by atoms with Crippen molar-refractivity contribution in [2.45, 2.75) is 212 Å². The molecule has 0 N–H and O–H groups in total. The summed E-state index contributed by atoms with van der Waals surface area (Å²) < 4.78 is 17.1. The van der Waals surface area contributed by atoms with Crippen LogP contribution in [0.3, 0.4) is 0 Å². The summed E-state index contributed by atoms with van der Waals surface area (Å²) in [6, 6.07) is -0.744. The predicted octanol–water partition coefficient (Wildman–Crippen LogP) is 13.5. The van der Waals surface area contributed by atoms with Crippen LogP contribution in [0.2, 0.25) is 0 Å². The van der Waals surface area contributed by atoms with E-state index < -0.39 is 24.1 Å². The van der Waals surface area contributed by atoms with E-state index in [0.717, 1.165) is 57.8 Å². The first-order chi connectivity index (χ1) is 31.1. The number of carbonyl (C=O) groups excluding carboxylic acids is 3. The second-order valence-corrected chi connectivity index (χ2v) is 18.0. The van der Waals surface area contributed by atoms with Crippen LogP contribution in [0.5, 0.6) is 0 Å². The highest BCUT2D eigenvalue weighted by molar-refractivity contribution is 5.70. The third-order valence-electron chi connectivity index (χ3n) is 11.0. The fraction of sp³-hybridized carbons (Fsp3) is 0.696. The molecule has 0 aromatic carbocycles. The molecule has 0 aliphatic rings. The van der Waals surface area contributed by atoms with Gasteiger partial charge in [-0.05, 0) is 77.0 Å². The van der Waals surface area contributed by atoms with Gasteiger partial charge in [0.2, 0.25) is 0 Å². The van der Waals surface area contributed by atoms with E-state index in [-0.39, 0.29) is 43.1 Å². The lowest BCUT2D eigenvalue weighted by molar-refractivity contribution is -0.889. The third kappa shape index (κ3) is 43.7. The largest absolute Gasteiger partial charge is 0.544 e. The Labute approximate surface area is 393 Å². The number of rotatable bonds is 45. The van der Waals surface area contributed by atoms with Crippen molar-refractivity contribution in [1.82, 2.24) is 0 Å². The Hall–Kier alpha value is -3.49. The van der Waals surface area contributed by atoms with Gasteiger partial charge in [0.05, 0.1) is 40.3 Å². The van der Waals surface area contributed by atoms with Crippen LogP contribution in [0.1, 0.15) is 200 Å². The zero-order chi connectivity index (χ0) is 47.0. The molecular weight excluding hydrogens is 799 g/mol. The molecule has 64 heavy (non-hydrogen) atoms. The molecule has 0 aliphatic heterocycles. The van der Waals surface area contributed by atoms with Crippen molar-refractivity contribution < 1.29 is 38.2 Å². The average Bonchev–Trinajstić information content (AvgIpc) is 3.26. The molecule has 2 atom stereocenters. The second kappa shape index (κ2) is 46.1. The molecule has 0 saturated carbocycles. The lowest BCUT2D eigenvalue weighted by atomic mass is 10.1. The number of unbranched alkanes of at least 4 members (excludes halogenated alkanes) is 17. The predicted molar refractivity (Wildman–Crippen MR) is 268 cm³/mol. The summed E-state index contributed by atoms with van der Waals surface area (Å²) in [6.07, 6.45) is 60.6. The van der Waals surface area contributed by atoms with Crippen molar-refractivity contribution in [2.75, 3.05) is 41.0 Å². The average molecular weight is 894 g/mol. The summed E-state index contributed by atoms with van der Waals surface area (Å²) in [6.45, 7) is 4.47. The van der Waals surface area contributed by atoms with Crippen LogP contribution in [0.4, 0.5) is 0 Å². The van der Waals surface area contributed by atoms with Gasteiger partial charge in [-0.1, -0.05) is 189 Å². The smallest absolute Gasteiger partial charge is 0.306 e. The molecule has 0 heterocycles. The molecule has 8 heteroatoms. The highest BCUT2D eigenvalue weighted by atomic mass is 16.6. The molecule has 0 amide bonds. The number of carboxylic acids is 1. The van der Waals surface area contributed by atoms with Crippen LogP contribution >= 0.6 is 0 Å². The lowest BCUT2D eigenvalue weighted by Crippen LogP contribution is -2.55. The van der Waals surface area contributed by atoms with Crippen molar-refractivity contribution >= 4 is 17.9 Å². The molecule has 0 bridgehead atoms. The van der Waals surface area contributed by atoms with Crippen LogP contribution in [0.15, 0.2) is 85.1 Å². The topological polar surface area (TPSA) is 102 Å². The van der Waals surface area contributed by atoms with Crippen molar-refractivity contribution in [3.8, 4) is 0 Å². The molecule has 0 spiro atoms. The molecule has 0 fully saturated rings. The minimum absolute atomic E-state index is 0.00585. The van der Waals surface area contributed by atoms with Crippen LogP contribution in [-0.4, -0.2) is 75.5 Å². The van der Waals surface area contributed by atoms with Gasteiger partial charge in [-0.2, -0.15) is 0 Å². The number of likely N-dealkylation sites (N-methyl/N-ethyl adjacent to an activating group) is 1. The van der Waals surface area contributed by atoms with Gasteiger partial charge in [-0.3, -0.25) is 9.59 Å².